The Labute approximate surface area is 135 Å². The van der Waals surface area contributed by atoms with Crippen molar-refractivity contribution in [3.05, 3.63) is 23.0 Å². The van der Waals surface area contributed by atoms with Crippen LogP contribution in [0.3, 0.4) is 0 Å². The summed E-state index contributed by atoms with van der Waals surface area (Å²) in [4.78, 5) is 16.6. The fraction of sp³-hybridized carbons (Fsp3) is 0.462. The van der Waals surface area contributed by atoms with Crippen molar-refractivity contribution in [3.8, 4) is 0 Å². The summed E-state index contributed by atoms with van der Waals surface area (Å²) >= 11 is 0. The van der Waals surface area contributed by atoms with E-state index in [0.717, 1.165) is 29.9 Å². The van der Waals surface area contributed by atoms with E-state index in [0.29, 0.717) is 23.7 Å². The molecular weight excluding hydrogens is 313 g/mol. The molecule has 0 atom stereocenters. The van der Waals surface area contributed by atoms with Crippen molar-refractivity contribution in [1.29, 1.82) is 0 Å². The number of carbonyl (C=O) groups is 1. The second-order valence-corrected chi connectivity index (χ2v) is 5.09. The van der Waals surface area contributed by atoms with Gasteiger partial charge in [-0.3, -0.25) is 9.89 Å². The van der Waals surface area contributed by atoms with Crippen LogP contribution in [0.15, 0.2) is 6.07 Å². The van der Waals surface area contributed by atoms with Crippen molar-refractivity contribution in [3.63, 3.8) is 0 Å². The maximum Gasteiger partial charge on any atom is 0.252 e. The average Bonchev–Trinajstić information content (AvgIpc) is 2.67. The van der Waals surface area contributed by atoms with E-state index in [-0.39, 0.29) is 30.7 Å². The fourth-order valence-corrected chi connectivity index (χ4v) is 2.30. The third kappa shape index (κ3) is 3.45. The van der Waals surface area contributed by atoms with Crippen LogP contribution >= 0.6 is 24.8 Å². The van der Waals surface area contributed by atoms with Crippen LogP contribution in [0.1, 0.15) is 21.7 Å². The first-order chi connectivity index (χ1) is 9.15. The van der Waals surface area contributed by atoms with Crippen LogP contribution in [-0.4, -0.2) is 40.7 Å². The molecule has 2 aromatic rings. The summed E-state index contributed by atoms with van der Waals surface area (Å²) in [6.07, 6.45) is 0. The highest BCUT2D eigenvalue weighted by Crippen LogP contribution is 2.19. The highest BCUT2D eigenvalue weighted by Gasteiger charge is 2.20. The second kappa shape index (κ2) is 7.06. The van der Waals surface area contributed by atoms with Crippen molar-refractivity contribution in [2.24, 2.45) is 5.92 Å². The number of aromatic nitrogens is 3. The second-order valence-electron chi connectivity index (χ2n) is 5.09. The van der Waals surface area contributed by atoms with Gasteiger partial charge in [0.15, 0.2) is 5.65 Å². The van der Waals surface area contributed by atoms with E-state index in [1.165, 1.54) is 0 Å². The molecule has 0 saturated carbocycles. The van der Waals surface area contributed by atoms with Gasteiger partial charge in [-0.25, -0.2) is 4.98 Å². The van der Waals surface area contributed by atoms with Gasteiger partial charge < -0.3 is 10.6 Å². The maximum atomic E-state index is 12.3. The zero-order chi connectivity index (χ0) is 13.4. The molecule has 1 aliphatic rings. The fourth-order valence-electron chi connectivity index (χ4n) is 2.30. The third-order valence-electron chi connectivity index (χ3n) is 3.49. The van der Waals surface area contributed by atoms with Gasteiger partial charge in [0.1, 0.15) is 0 Å². The van der Waals surface area contributed by atoms with Gasteiger partial charge in [0.25, 0.3) is 5.91 Å². The summed E-state index contributed by atoms with van der Waals surface area (Å²) in [6, 6.07) is 1.82. The Kier molecular flexibility index (Phi) is 5.95. The van der Waals surface area contributed by atoms with Gasteiger partial charge in [0.05, 0.1) is 10.9 Å². The lowest BCUT2D eigenvalue weighted by atomic mass is 10.0. The van der Waals surface area contributed by atoms with Gasteiger partial charge in [-0.15, -0.1) is 24.8 Å². The van der Waals surface area contributed by atoms with E-state index in [1.807, 2.05) is 19.9 Å². The van der Waals surface area contributed by atoms with Gasteiger partial charge in [-0.05, 0) is 19.9 Å². The van der Waals surface area contributed by atoms with Gasteiger partial charge in [0.2, 0.25) is 0 Å². The number of aromatic amines is 1. The molecule has 21 heavy (non-hydrogen) atoms. The number of aryl methyl sites for hydroxylation is 2. The summed E-state index contributed by atoms with van der Waals surface area (Å²) in [5.74, 6) is 0.500. The normalized spacial score (nSPS) is 14.0. The maximum absolute atomic E-state index is 12.3. The Morgan fingerprint density at radius 1 is 1.38 bits per heavy atom. The van der Waals surface area contributed by atoms with E-state index in [1.54, 1.807) is 0 Å². The minimum Gasteiger partial charge on any atom is -0.352 e. The highest BCUT2D eigenvalue weighted by atomic mass is 35.5. The van der Waals surface area contributed by atoms with E-state index in [9.17, 15) is 4.79 Å². The van der Waals surface area contributed by atoms with Crippen LogP contribution in [-0.2, 0) is 0 Å². The summed E-state index contributed by atoms with van der Waals surface area (Å²) in [7, 11) is 0. The first kappa shape index (κ1) is 17.7. The summed E-state index contributed by atoms with van der Waals surface area (Å²) in [5, 5.41) is 14.0. The molecule has 1 aliphatic heterocycles. The molecule has 0 unspecified atom stereocenters. The van der Waals surface area contributed by atoms with Crippen LogP contribution < -0.4 is 10.6 Å². The Balaban J connectivity index is 0.00000110. The number of nitrogens with one attached hydrogen (secondary N) is 3. The third-order valence-corrected chi connectivity index (χ3v) is 3.49. The van der Waals surface area contributed by atoms with Crippen LogP contribution in [0.2, 0.25) is 0 Å². The molecule has 2 aromatic heterocycles. The van der Waals surface area contributed by atoms with E-state index in [4.69, 9.17) is 0 Å². The lowest BCUT2D eigenvalue weighted by Crippen LogP contribution is -2.48. The van der Waals surface area contributed by atoms with Crippen LogP contribution in [0.5, 0.6) is 0 Å². The van der Waals surface area contributed by atoms with Crippen molar-refractivity contribution in [1.82, 2.24) is 25.8 Å². The number of halogens is 2. The zero-order valence-corrected chi connectivity index (χ0v) is 13.5. The molecular formula is C13H19Cl2N5O. The summed E-state index contributed by atoms with van der Waals surface area (Å²) in [5.41, 5.74) is 2.93. The number of hydrogen-bond acceptors (Lipinski definition) is 4. The van der Waals surface area contributed by atoms with Gasteiger partial charge in [-0.1, -0.05) is 0 Å². The minimum atomic E-state index is -0.0492. The van der Waals surface area contributed by atoms with E-state index in [2.05, 4.69) is 25.8 Å². The SMILES string of the molecule is Cc1cc(C(=O)NCC2CNC2)c2c(C)[nH]nc2n1.Cl.Cl. The molecule has 3 N–H and O–H groups in total. The van der Waals surface area contributed by atoms with Gasteiger partial charge in [0, 0.05) is 36.9 Å². The van der Waals surface area contributed by atoms with E-state index >= 15 is 0 Å². The molecule has 1 amide bonds. The van der Waals surface area contributed by atoms with E-state index < -0.39 is 0 Å². The largest absolute Gasteiger partial charge is 0.352 e. The topological polar surface area (TPSA) is 82.7 Å². The van der Waals surface area contributed by atoms with Gasteiger partial charge >= 0.3 is 0 Å². The average molecular weight is 332 g/mol. The lowest BCUT2D eigenvalue weighted by Gasteiger charge is -2.27. The number of nitrogens with zero attached hydrogens (tertiary/aromatic N) is 2. The zero-order valence-electron chi connectivity index (χ0n) is 11.9. The number of amides is 1. The Morgan fingerprint density at radius 2 is 2.10 bits per heavy atom. The Hall–Kier alpha value is -1.37. The molecule has 0 aromatic carbocycles. The first-order valence-electron chi connectivity index (χ1n) is 6.46. The Bertz CT molecular complexity index is 639. The lowest BCUT2D eigenvalue weighted by molar-refractivity contribution is 0.0943. The first-order valence-corrected chi connectivity index (χ1v) is 6.46. The standard InChI is InChI=1S/C13H17N5O.2ClH/c1-7-3-10(11-8(2)17-18-12(11)16-7)13(19)15-6-9-4-14-5-9;;/h3,9,14H,4-6H2,1-2H3,(H,15,19)(H,16,17,18);2*1H. The van der Waals surface area contributed by atoms with Crippen molar-refractivity contribution in [2.45, 2.75) is 13.8 Å². The predicted octanol–water partition coefficient (Wildman–Crippen LogP) is 1.37. The predicted molar refractivity (Wildman–Crippen MR) is 86.6 cm³/mol. The summed E-state index contributed by atoms with van der Waals surface area (Å²) in [6.45, 7) is 6.45. The number of H-pyrrole nitrogens is 1. The molecule has 1 saturated heterocycles. The molecule has 6 nitrogen and oxygen atoms in total. The number of carbonyl (C=O) groups excluding carboxylic acids is 1. The van der Waals surface area contributed by atoms with Crippen molar-refractivity contribution >= 4 is 41.8 Å². The molecule has 0 spiro atoms. The monoisotopic (exact) mass is 331 g/mol. The molecule has 0 aliphatic carbocycles. The molecule has 0 radical (unpaired) electrons. The number of pyridine rings is 1. The molecule has 116 valence electrons. The number of hydrogen-bond donors (Lipinski definition) is 3. The minimum absolute atomic E-state index is 0. The molecule has 8 heteroatoms. The number of rotatable bonds is 3. The van der Waals surface area contributed by atoms with Crippen molar-refractivity contribution in [2.75, 3.05) is 19.6 Å². The number of fused-ring (bicyclic) bond motifs is 1. The smallest absolute Gasteiger partial charge is 0.252 e. The molecule has 3 rings (SSSR count). The highest BCUT2D eigenvalue weighted by molar-refractivity contribution is 6.06. The van der Waals surface area contributed by atoms with Gasteiger partial charge in [-0.2, -0.15) is 5.10 Å². The Morgan fingerprint density at radius 3 is 2.71 bits per heavy atom. The van der Waals surface area contributed by atoms with Crippen molar-refractivity contribution < 1.29 is 4.79 Å². The molecule has 1 fully saturated rings. The van der Waals surface area contributed by atoms with Crippen LogP contribution in [0, 0.1) is 19.8 Å². The summed E-state index contributed by atoms with van der Waals surface area (Å²) < 4.78 is 0. The molecule has 0 bridgehead atoms. The quantitative estimate of drug-likeness (QED) is 0.793. The van der Waals surface area contributed by atoms with Crippen LogP contribution in [0.25, 0.3) is 11.0 Å². The van der Waals surface area contributed by atoms with Crippen LogP contribution in [0.4, 0.5) is 0 Å². The molecule has 3 heterocycles.